The Morgan fingerprint density at radius 3 is 2.67 bits per heavy atom. The van der Waals surface area contributed by atoms with E-state index in [1.54, 1.807) is 23.6 Å². The molecule has 0 aliphatic carbocycles. The molecule has 8 heteroatoms. The van der Waals surface area contributed by atoms with Gasteiger partial charge in [0.25, 0.3) is 5.91 Å². The molecule has 2 aromatic heterocycles. The van der Waals surface area contributed by atoms with Crippen molar-refractivity contribution in [3.8, 4) is 22.1 Å². The lowest BCUT2D eigenvalue weighted by Gasteiger charge is -2.09. The summed E-state index contributed by atoms with van der Waals surface area (Å²) < 4.78 is 6.89. The molecule has 0 aliphatic heterocycles. The van der Waals surface area contributed by atoms with E-state index < -0.39 is 0 Å². The fraction of sp³-hybridized carbons (Fsp3) is 0.136. The van der Waals surface area contributed by atoms with Crippen molar-refractivity contribution in [1.29, 1.82) is 0 Å². The van der Waals surface area contributed by atoms with Crippen LogP contribution >= 0.6 is 23.1 Å². The Kier molecular flexibility index (Phi) is 5.87. The third-order valence-corrected chi connectivity index (χ3v) is 6.10. The molecule has 0 saturated heterocycles. The predicted octanol–water partition coefficient (Wildman–Crippen LogP) is 5.29. The molecule has 0 spiro atoms. The summed E-state index contributed by atoms with van der Waals surface area (Å²) >= 11 is 3.01. The van der Waals surface area contributed by atoms with Crippen molar-refractivity contribution in [1.82, 2.24) is 14.8 Å². The first-order valence-electron chi connectivity index (χ1n) is 9.20. The predicted molar refractivity (Wildman–Crippen MR) is 122 cm³/mol. The van der Waals surface area contributed by atoms with Crippen LogP contribution in [0.5, 0.6) is 5.75 Å². The zero-order valence-corrected chi connectivity index (χ0v) is 18.4. The summed E-state index contributed by atoms with van der Waals surface area (Å²) in [4.78, 5) is 18.5. The molecule has 152 valence electrons. The van der Waals surface area contributed by atoms with Crippen molar-refractivity contribution in [2.24, 2.45) is 0 Å². The van der Waals surface area contributed by atoms with Crippen LogP contribution in [0.4, 0.5) is 5.82 Å². The van der Waals surface area contributed by atoms with Crippen LogP contribution in [0.1, 0.15) is 16.1 Å². The first kappa shape index (κ1) is 20.2. The maximum Gasteiger partial charge on any atom is 0.257 e. The summed E-state index contributed by atoms with van der Waals surface area (Å²) in [7, 11) is 1.64. The van der Waals surface area contributed by atoms with Crippen LogP contribution in [-0.2, 0) is 0 Å². The molecule has 0 unspecified atom stereocenters. The largest absolute Gasteiger partial charge is 0.497 e. The number of carbonyl (C=O) groups excluding carboxylic acids is 1. The fourth-order valence-electron chi connectivity index (χ4n) is 3.01. The van der Waals surface area contributed by atoms with Gasteiger partial charge in [0.15, 0.2) is 0 Å². The highest BCUT2D eigenvalue weighted by Crippen LogP contribution is 2.28. The van der Waals surface area contributed by atoms with E-state index in [4.69, 9.17) is 9.72 Å². The lowest BCUT2D eigenvalue weighted by molar-refractivity contribution is 0.102. The van der Waals surface area contributed by atoms with Crippen LogP contribution in [0.15, 0.2) is 64.9 Å². The summed E-state index contributed by atoms with van der Waals surface area (Å²) in [5.74, 6) is 1.21. The Hall–Kier alpha value is -3.10. The quantitative estimate of drug-likeness (QED) is 0.416. The highest BCUT2D eigenvalue weighted by molar-refractivity contribution is 7.98. The van der Waals surface area contributed by atoms with E-state index >= 15 is 0 Å². The zero-order valence-electron chi connectivity index (χ0n) is 16.7. The van der Waals surface area contributed by atoms with Gasteiger partial charge in [-0.3, -0.25) is 4.79 Å². The number of thiazole rings is 1. The molecular weight excluding hydrogens is 416 g/mol. The van der Waals surface area contributed by atoms with Gasteiger partial charge in [-0.25, -0.2) is 4.98 Å². The van der Waals surface area contributed by atoms with E-state index in [2.05, 4.69) is 10.4 Å². The van der Waals surface area contributed by atoms with E-state index in [1.165, 1.54) is 11.3 Å². The number of nitrogens with zero attached hydrogens (tertiary/aromatic N) is 3. The maximum atomic E-state index is 12.9. The van der Waals surface area contributed by atoms with Gasteiger partial charge >= 0.3 is 0 Å². The number of benzene rings is 2. The third-order valence-electron chi connectivity index (χ3n) is 4.48. The number of aryl methyl sites for hydroxylation is 1. The number of aromatic nitrogens is 3. The van der Waals surface area contributed by atoms with Crippen LogP contribution in [0.2, 0.25) is 0 Å². The van der Waals surface area contributed by atoms with Crippen molar-refractivity contribution in [3.63, 3.8) is 0 Å². The third kappa shape index (κ3) is 4.10. The van der Waals surface area contributed by atoms with E-state index in [9.17, 15) is 4.79 Å². The van der Waals surface area contributed by atoms with Gasteiger partial charge in [-0.2, -0.15) is 9.78 Å². The van der Waals surface area contributed by atoms with E-state index in [0.717, 1.165) is 27.6 Å². The monoisotopic (exact) mass is 436 g/mol. The second-order valence-electron chi connectivity index (χ2n) is 6.48. The second kappa shape index (κ2) is 8.73. The summed E-state index contributed by atoms with van der Waals surface area (Å²) in [6, 6.07) is 17.1. The lowest BCUT2D eigenvalue weighted by atomic mass is 10.2. The van der Waals surface area contributed by atoms with Crippen molar-refractivity contribution in [2.75, 3.05) is 18.7 Å². The minimum Gasteiger partial charge on any atom is -0.497 e. The van der Waals surface area contributed by atoms with Gasteiger partial charge in [0.1, 0.15) is 11.6 Å². The Morgan fingerprint density at radius 2 is 1.93 bits per heavy atom. The topological polar surface area (TPSA) is 69.0 Å². The normalized spacial score (nSPS) is 10.8. The van der Waals surface area contributed by atoms with Gasteiger partial charge in [0, 0.05) is 21.9 Å². The second-order valence-corrected chi connectivity index (χ2v) is 8.17. The number of thioether (sulfide) groups is 1. The van der Waals surface area contributed by atoms with Gasteiger partial charge < -0.3 is 10.1 Å². The Labute approximate surface area is 182 Å². The van der Waals surface area contributed by atoms with Gasteiger partial charge in [0.2, 0.25) is 5.13 Å². The first-order chi connectivity index (χ1) is 14.6. The number of methoxy groups -OCH3 is 1. The standard InChI is InChI=1S/C22H20N4O2S2/c1-14-12-20(24-21(27)17-6-4-5-7-19(17)29-3)26(25-14)22-23-18(13-30-22)15-8-10-16(28-2)11-9-15/h4-13H,1-3H3,(H,24,27). The molecule has 1 amide bonds. The maximum absolute atomic E-state index is 12.9. The van der Waals surface area contributed by atoms with Crippen LogP contribution in [0, 0.1) is 6.92 Å². The number of carbonyl (C=O) groups is 1. The van der Waals surface area contributed by atoms with Gasteiger partial charge in [-0.05, 0) is 49.6 Å². The molecule has 0 aliphatic rings. The summed E-state index contributed by atoms with van der Waals surface area (Å²) in [6.07, 6.45) is 1.96. The highest BCUT2D eigenvalue weighted by atomic mass is 32.2. The minimum atomic E-state index is -0.173. The SMILES string of the molecule is COc1ccc(-c2csc(-n3nc(C)cc3NC(=O)c3ccccc3SC)n2)cc1. The smallest absolute Gasteiger partial charge is 0.257 e. The number of anilines is 1. The number of ether oxygens (including phenoxy) is 1. The Morgan fingerprint density at radius 1 is 1.17 bits per heavy atom. The fourth-order valence-corrected chi connectivity index (χ4v) is 4.40. The molecular formula is C22H20N4O2S2. The molecule has 2 aromatic carbocycles. The zero-order chi connectivity index (χ0) is 21.1. The lowest BCUT2D eigenvalue weighted by Crippen LogP contribution is -2.15. The average Bonchev–Trinajstić information content (AvgIpc) is 3.40. The van der Waals surface area contributed by atoms with Crippen molar-refractivity contribution in [3.05, 3.63) is 71.2 Å². The van der Waals surface area contributed by atoms with Gasteiger partial charge in [-0.1, -0.05) is 12.1 Å². The number of rotatable bonds is 6. The van der Waals surface area contributed by atoms with Crippen LogP contribution in [-0.4, -0.2) is 34.0 Å². The van der Waals surface area contributed by atoms with E-state index in [-0.39, 0.29) is 5.91 Å². The molecule has 2 heterocycles. The molecule has 30 heavy (non-hydrogen) atoms. The van der Waals surface area contributed by atoms with Crippen LogP contribution in [0.3, 0.4) is 0 Å². The molecule has 0 saturated carbocycles. The number of hydrogen-bond donors (Lipinski definition) is 1. The first-order valence-corrected chi connectivity index (χ1v) is 11.3. The summed E-state index contributed by atoms with van der Waals surface area (Å²) in [5.41, 5.74) is 3.26. The highest BCUT2D eigenvalue weighted by Gasteiger charge is 2.17. The molecule has 4 rings (SSSR count). The molecule has 4 aromatic rings. The number of nitrogens with one attached hydrogen (secondary N) is 1. The molecule has 6 nitrogen and oxygen atoms in total. The molecule has 0 radical (unpaired) electrons. The number of hydrogen-bond acceptors (Lipinski definition) is 6. The average molecular weight is 437 g/mol. The van der Waals surface area contributed by atoms with Gasteiger partial charge in [-0.15, -0.1) is 23.1 Å². The van der Waals surface area contributed by atoms with E-state index in [0.29, 0.717) is 16.5 Å². The van der Waals surface area contributed by atoms with Crippen molar-refractivity contribution >= 4 is 34.8 Å². The molecule has 0 bridgehead atoms. The van der Waals surface area contributed by atoms with Gasteiger partial charge in [0.05, 0.1) is 24.1 Å². The van der Waals surface area contributed by atoms with Crippen molar-refractivity contribution < 1.29 is 9.53 Å². The Bertz CT molecular complexity index is 1180. The number of amides is 1. The molecule has 1 N–H and O–H groups in total. The van der Waals surface area contributed by atoms with E-state index in [1.807, 2.05) is 73.2 Å². The van der Waals surface area contributed by atoms with Crippen LogP contribution < -0.4 is 10.1 Å². The molecule has 0 fully saturated rings. The minimum absolute atomic E-state index is 0.173. The van der Waals surface area contributed by atoms with Crippen molar-refractivity contribution in [2.45, 2.75) is 11.8 Å². The summed E-state index contributed by atoms with van der Waals surface area (Å²) in [5, 5.41) is 10.2. The summed E-state index contributed by atoms with van der Waals surface area (Å²) in [6.45, 7) is 1.89. The Balaban J connectivity index is 1.62. The van der Waals surface area contributed by atoms with Crippen LogP contribution in [0.25, 0.3) is 16.4 Å². The molecule has 0 atom stereocenters.